The maximum Gasteiger partial charge on any atom is 0.255 e. The molecule has 0 aromatic heterocycles. The zero-order chi connectivity index (χ0) is 18.4. The van der Waals surface area contributed by atoms with Crippen LogP contribution in [-0.2, 0) is 9.59 Å². The Hall–Kier alpha value is -3.01. The van der Waals surface area contributed by atoms with Gasteiger partial charge in [0, 0.05) is 13.1 Å². The molecule has 0 heterocycles. The number of ether oxygens (including phenoxy) is 2. The van der Waals surface area contributed by atoms with Gasteiger partial charge in [0.1, 0.15) is 5.54 Å². The van der Waals surface area contributed by atoms with Gasteiger partial charge in [-0.2, -0.15) is 5.26 Å². The number of nitriles is 1. The van der Waals surface area contributed by atoms with Crippen molar-refractivity contribution < 1.29 is 19.1 Å². The maximum absolute atomic E-state index is 12.3. The summed E-state index contributed by atoms with van der Waals surface area (Å²) < 4.78 is 10.5. The molecule has 0 saturated heterocycles. The van der Waals surface area contributed by atoms with E-state index >= 15 is 0 Å². The zero-order valence-corrected chi connectivity index (χ0v) is 14.3. The fraction of sp³-hybridized carbons (Fsp3) is 0.389. The van der Waals surface area contributed by atoms with E-state index in [-0.39, 0.29) is 12.5 Å². The highest BCUT2D eigenvalue weighted by molar-refractivity contribution is 5.92. The smallest absolute Gasteiger partial charge is 0.255 e. The lowest BCUT2D eigenvalue weighted by atomic mass is 9.76. The molecule has 7 heteroatoms. The number of rotatable bonds is 7. The number of primary amides is 1. The highest BCUT2D eigenvalue weighted by Crippen LogP contribution is 2.36. The molecular weight excluding hydrogens is 322 g/mol. The molecule has 1 aromatic carbocycles. The second-order valence-corrected chi connectivity index (χ2v) is 5.89. The van der Waals surface area contributed by atoms with E-state index in [0.29, 0.717) is 24.3 Å². The van der Waals surface area contributed by atoms with E-state index < -0.39 is 11.4 Å². The summed E-state index contributed by atoms with van der Waals surface area (Å²) in [6, 6.07) is 7.29. The van der Waals surface area contributed by atoms with Gasteiger partial charge in [-0.15, -0.1) is 0 Å². The molecule has 0 spiro atoms. The third kappa shape index (κ3) is 4.10. The third-order valence-corrected chi connectivity index (χ3v) is 4.34. The molecule has 25 heavy (non-hydrogen) atoms. The van der Waals surface area contributed by atoms with E-state index in [1.165, 1.54) is 18.1 Å². The first-order chi connectivity index (χ1) is 11.9. The monoisotopic (exact) mass is 343 g/mol. The molecule has 1 saturated carbocycles. The average Bonchev–Trinajstić information content (AvgIpc) is 2.57. The van der Waals surface area contributed by atoms with Gasteiger partial charge >= 0.3 is 0 Å². The second kappa shape index (κ2) is 7.71. The molecule has 2 rings (SSSR count). The lowest BCUT2D eigenvalue weighted by Crippen LogP contribution is -2.52. The lowest BCUT2D eigenvalue weighted by molar-refractivity contribution is -0.130. The molecule has 0 radical (unpaired) electrons. The number of carbonyl (C=O) groups excluding carboxylic acids is 2. The predicted molar refractivity (Wildman–Crippen MR) is 91.7 cm³/mol. The Bertz CT molecular complexity index is 732. The molecule has 1 aliphatic rings. The summed E-state index contributed by atoms with van der Waals surface area (Å²) in [5.41, 5.74) is 5.10. The van der Waals surface area contributed by atoms with E-state index in [0.717, 1.165) is 12.0 Å². The molecular formula is C18H21N3O4. The lowest BCUT2D eigenvalue weighted by Gasteiger charge is -2.42. The summed E-state index contributed by atoms with van der Waals surface area (Å²) in [5, 5.41) is 9.30. The number of carbonyl (C=O) groups is 2. The Balaban J connectivity index is 2.09. The van der Waals surface area contributed by atoms with Crippen LogP contribution in [0.25, 0.3) is 6.08 Å². The van der Waals surface area contributed by atoms with Crippen LogP contribution in [-0.4, -0.2) is 43.0 Å². The summed E-state index contributed by atoms with van der Waals surface area (Å²) in [4.78, 5) is 24.6. The van der Waals surface area contributed by atoms with Crippen LogP contribution >= 0.6 is 0 Å². The van der Waals surface area contributed by atoms with Crippen LogP contribution in [0.4, 0.5) is 0 Å². The molecule has 2 amide bonds. The van der Waals surface area contributed by atoms with Crippen molar-refractivity contribution in [2.45, 2.75) is 24.8 Å². The van der Waals surface area contributed by atoms with Gasteiger partial charge in [0.2, 0.25) is 5.91 Å². The number of methoxy groups -OCH3 is 1. The van der Waals surface area contributed by atoms with E-state index in [4.69, 9.17) is 15.2 Å². The van der Waals surface area contributed by atoms with Gasteiger partial charge in [0.15, 0.2) is 18.1 Å². The molecule has 0 bridgehead atoms. The second-order valence-electron chi connectivity index (χ2n) is 5.89. The van der Waals surface area contributed by atoms with Gasteiger partial charge in [-0.3, -0.25) is 9.59 Å². The van der Waals surface area contributed by atoms with Gasteiger partial charge in [-0.05, 0) is 43.0 Å². The molecule has 7 nitrogen and oxygen atoms in total. The fourth-order valence-corrected chi connectivity index (χ4v) is 2.58. The molecule has 132 valence electrons. The van der Waals surface area contributed by atoms with Crippen LogP contribution < -0.4 is 15.2 Å². The molecule has 0 aliphatic heterocycles. The number of benzene rings is 1. The Labute approximate surface area is 146 Å². The summed E-state index contributed by atoms with van der Waals surface area (Å²) in [7, 11) is 3.13. The maximum atomic E-state index is 12.3. The standard InChI is InChI=1S/C18H21N3O4/c1-21(18(12-19)8-3-9-18)17(23)7-5-13-4-6-14(15(10-13)24-2)25-11-16(20)22/h4-7,10H,3,8-9,11H2,1-2H3,(H2,20,22)/b7-5-. The molecule has 2 N–H and O–H groups in total. The van der Waals surface area contributed by atoms with Crippen molar-refractivity contribution in [2.75, 3.05) is 20.8 Å². The van der Waals surface area contributed by atoms with Gasteiger partial charge in [0.05, 0.1) is 13.2 Å². The quantitative estimate of drug-likeness (QED) is 0.755. The Kier molecular flexibility index (Phi) is 5.65. The van der Waals surface area contributed by atoms with Crippen molar-refractivity contribution >= 4 is 17.9 Å². The van der Waals surface area contributed by atoms with E-state index in [1.54, 1.807) is 31.3 Å². The van der Waals surface area contributed by atoms with Crippen LogP contribution in [0.15, 0.2) is 24.3 Å². The summed E-state index contributed by atoms with van der Waals surface area (Å²) >= 11 is 0. The number of hydrogen-bond donors (Lipinski definition) is 1. The fourth-order valence-electron chi connectivity index (χ4n) is 2.58. The van der Waals surface area contributed by atoms with Crippen LogP contribution in [0.3, 0.4) is 0 Å². The largest absolute Gasteiger partial charge is 0.493 e. The van der Waals surface area contributed by atoms with Crippen LogP contribution in [0.5, 0.6) is 11.5 Å². The van der Waals surface area contributed by atoms with Gasteiger partial charge in [-0.25, -0.2) is 0 Å². The minimum Gasteiger partial charge on any atom is -0.493 e. The number of nitrogens with zero attached hydrogens (tertiary/aromatic N) is 2. The highest BCUT2D eigenvalue weighted by atomic mass is 16.5. The number of hydrogen-bond acceptors (Lipinski definition) is 5. The number of likely N-dealkylation sites (N-methyl/N-ethyl adjacent to an activating group) is 1. The number of nitrogens with two attached hydrogens (primary N) is 1. The summed E-state index contributed by atoms with van der Waals surface area (Å²) in [5.74, 6) is 0.00725. The first-order valence-electron chi connectivity index (χ1n) is 7.88. The van der Waals surface area contributed by atoms with Gasteiger partial charge < -0.3 is 20.1 Å². The van der Waals surface area contributed by atoms with Crippen molar-refractivity contribution in [3.63, 3.8) is 0 Å². The highest BCUT2D eigenvalue weighted by Gasteiger charge is 2.42. The summed E-state index contributed by atoms with van der Waals surface area (Å²) in [6.07, 6.45) is 5.44. The third-order valence-electron chi connectivity index (χ3n) is 4.34. The molecule has 1 fully saturated rings. The van der Waals surface area contributed by atoms with Crippen LogP contribution in [0, 0.1) is 11.3 Å². The summed E-state index contributed by atoms with van der Waals surface area (Å²) in [6.45, 7) is -0.245. The van der Waals surface area contributed by atoms with Crippen molar-refractivity contribution in [1.29, 1.82) is 5.26 Å². The van der Waals surface area contributed by atoms with Gasteiger partial charge in [-0.1, -0.05) is 6.07 Å². The van der Waals surface area contributed by atoms with E-state index in [1.807, 2.05) is 0 Å². The Morgan fingerprint density at radius 2 is 2.12 bits per heavy atom. The molecule has 1 aliphatic carbocycles. The van der Waals surface area contributed by atoms with Crippen molar-refractivity contribution in [3.05, 3.63) is 29.8 Å². The topological polar surface area (TPSA) is 106 Å². The predicted octanol–water partition coefficient (Wildman–Crippen LogP) is 1.48. The van der Waals surface area contributed by atoms with Crippen molar-refractivity contribution in [2.24, 2.45) is 5.73 Å². The molecule has 1 aromatic rings. The normalized spacial score (nSPS) is 15.1. The van der Waals surface area contributed by atoms with Crippen LogP contribution in [0.1, 0.15) is 24.8 Å². The minimum atomic E-state index is -0.675. The van der Waals surface area contributed by atoms with Crippen molar-refractivity contribution in [1.82, 2.24) is 4.90 Å². The van der Waals surface area contributed by atoms with E-state index in [9.17, 15) is 14.9 Å². The first kappa shape index (κ1) is 18.3. The minimum absolute atomic E-state index is 0.228. The number of amides is 2. The van der Waals surface area contributed by atoms with E-state index in [2.05, 4.69) is 6.07 Å². The van der Waals surface area contributed by atoms with Crippen LogP contribution in [0.2, 0.25) is 0 Å². The SMILES string of the molecule is COc1cc(/C=C\C(=O)N(C)C2(C#N)CCC2)ccc1OCC(N)=O. The Morgan fingerprint density at radius 1 is 1.40 bits per heavy atom. The van der Waals surface area contributed by atoms with Crippen molar-refractivity contribution in [3.8, 4) is 17.6 Å². The zero-order valence-electron chi connectivity index (χ0n) is 14.3. The average molecular weight is 343 g/mol. The van der Waals surface area contributed by atoms with Gasteiger partial charge in [0.25, 0.3) is 5.91 Å². The first-order valence-corrected chi connectivity index (χ1v) is 7.88. The molecule has 0 unspecified atom stereocenters. The molecule has 0 atom stereocenters. The Morgan fingerprint density at radius 3 is 2.64 bits per heavy atom.